The molecule has 0 aromatic carbocycles. The molecule has 0 spiro atoms. The molecule has 0 amide bonds. The Morgan fingerprint density at radius 1 is 1.78 bits per heavy atom. The van der Waals surface area contributed by atoms with Crippen molar-refractivity contribution in [3.63, 3.8) is 0 Å². The van der Waals surface area contributed by atoms with Gasteiger partial charge >= 0.3 is 5.97 Å². The van der Waals surface area contributed by atoms with Crippen LogP contribution < -0.4 is 0 Å². The smallest absolute Gasteiger partial charge is 0.308 e. The highest BCUT2D eigenvalue weighted by Crippen LogP contribution is 2.18. The van der Waals surface area contributed by atoms with Crippen molar-refractivity contribution in [2.24, 2.45) is 5.92 Å². The number of hydrogen-bond donors (Lipinski definition) is 1. The van der Waals surface area contributed by atoms with E-state index in [0.29, 0.717) is 6.42 Å². The summed E-state index contributed by atoms with van der Waals surface area (Å²) in [6.07, 6.45) is 0.310. The Bertz CT molecular complexity index is 121. The summed E-state index contributed by atoms with van der Waals surface area (Å²) in [6.45, 7) is 1.86. The number of hydrogen-bond acceptors (Lipinski definition) is 3. The maximum absolute atomic E-state index is 10.4. The minimum absolute atomic E-state index is 0.0997. The summed E-state index contributed by atoms with van der Waals surface area (Å²) in [4.78, 5) is 10.4. The first-order valence-electron chi connectivity index (χ1n) is 3.07. The van der Waals surface area contributed by atoms with Crippen LogP contribution in [0.15, 0.2) is 0 Å². The third kappa shape index (κ3) is 1.42. The molecule has 0 bridgehead atoms. The maximum Gasteiger partial charge on any atom is 0.308 e. The number of carbonyl (C=O) groups is 1. The third-order valence-corrected chi connectivity index (χ3v) is 1.54. The first kappa shape index (κ1) is 6.55. The highest BCUT2D eigenvalue weighted by Gasteiger charge is 2.24. The van der Waals surface area contributed by atoms with Crippen LogP contribution in [0.4, 0.5) is 0 Å². The molecule has 0 aromatic heterocycles. The van der Waals surface area contributed by atoms with Crippen molar-refractivity contribution in [3.05, 3.63) is 0 Å². The number of ether oxygens (including phenoxy) is 1. The molecule has 0 aromatic rings. The van der Waals surface area contributed by atoms with Gasteiger partial charge < -0.3 is 9.84 Å². The van der Waals surface area contributed by atoms with Gasteiger partial charge in [-0.15, -0.1) is 0 Å². The number of cyclic esters (lactones) is 1. The Kier molecular flexibility index (Phi) is 1.71. The Morgan fingerprint density at radius 2 is 2.44 bits per heavy atom. The Hall–Kier alpha value is -0.570. The number of esters is 1. The van der Waals surface area contributed by atoms with Gasteiger partial charge in [0.05, 0.1) is 0 Å². The highest BCUT2D eigenvalue weighted by molar-refractivity contribution is 5.70. The zero-order valence-electron chi connectivity index (χ0n) is 5.33. The standard InChI is InChI=1S/C6H10O3/c1-4-2-3-5(7)9-6(4)8/h4,6,8H,2-3H2,1H3. The van der Waals surface area contributed by atoms with E-state index in [9.17, 15) is 4.79 Å². The van der Waals surface area contributed by atoms with Gasteiger partial charge in [0.25, 0.3) is 0 Å². The Morgan fingerprint density at radius 3 is 2.89 bits per heavy atom. The molecule has 0 aliphatic carbocycles. The summed E-state index contributed by atoms with van der Waals surface area (Å²) in [5.74, 6) is -0.191. The molecular formula is C6H10O3. The quantitative estimate of drug-likeness (QED) is 0.479. The Labute approximate surface area is 53.6 Å². The molecule has 2 unspecified atom stereocenters. The average Bonchev–Trinajstić information content (AvgIpc) is 1.80. The molecule has 1 aliphatic heterocycles. The van der Waals surface area contributed by atoms with Gasteiger partial charge in [-0.2, -0.15) is 0 Å². The molecule has 3 heteroatoms. The second-order valence-electron chi connectivity index (χ2n) is 2.40. The van der Waals surface area contributed by atoms with E-state index < -0.39 is 6.29 Å². The van der Waals surface area contributed by atoms with Crippen LogP contribution in [0.25, 0.3) is 0 Å². The van der Waals surface area contributed by atoms with E-state index in [4.69, 9.17) is 5.11 Å². The molecule has 1 fully saturated rings. The van der Waals surface area contributed by atoms with Crippen LogP contribution in [0.1, 0.15) is 19.8 Å². The van der Waals surface area contributed by atoms with Crippen molar-refractivity contribution in [1.29, 1.82) is 0 Å². The van der Waals surface area contributed by atoms with Crippen molar-refractivity contribution < 1.29 is 14.6 Å². The molecule has 52 valence electrons. The molecule has 2 atom stereocenters. The zero-order valence-corrected chi connectivity index (χ0v) is 5.33. The molecule has 1 N–H and O–H groups in total. The van der Waals surface area contributed by atoms with Gasteiger partial charge in [-0.1, -0.05) is 6.92 Å². The summed E-state index contributed by atoms with van der Waals surface area (Å²) in [7, 11) is 0. The SMILES string of the molecule is CC1CCC(=O)OC1O. The molecule has 3 nitrogen and oxygen atoms in total. The number of aliphatic hydroxyl groups is 1. The van der Waals surface area contributed by atoms with Crippen LogP contribution in [-0.4, -0.2) is 17.4 Å². The first-order valence-corrected chi connectivity index (χ1v) is 3.07. The molecule has 1 saturated heterocycles. The predicted molar refractivity (Wildman–Crippen MR) is 30.5 cm³/mol. The molecule has 0 radical (unpaired) electrons. The molecule has 1 heterocycles. The van der Waals surface area contributed by atoms with Crippen molar-refractivity contribution in [1.82, 2.24) is 0 Å². The summed E-state index contributed by atoms with van der Waals surface area (Å²) in [5.41, 5.74) is 0. The normalized spacial score (nSPS) is 36.0. The summed E-state index contributed by atoms with van der Waals surface area (Å²) in [6, 6.07) is 0. The second kappa shape index (κ2) is 2.35. The van der Waals surface area contributed by atoms with E-state index in [2.05, 4.69) is 4.74 Å². The first-order chi connectivity index (χ1) is 4.20. The lowest BCUT2D eigenvalue weighted by Crippen LogP contribution is -2.30. The lowest BCUT2D eigenvalue weighted by atomic mass is 10.0. The summed E-state index contributed by atoms with van der Waals surface area (Å²) < 4.78 is 4.52. The van der Waals surface area contributed by atoms with Crippen molar-refractivity contribution >= 4 is 5.97 Å². The number of rotatable bonds is 0. The molecule has 0 saturated carbocycles. The topological polar surface area (TPSA) is 46.5 Å². The molecular weight excluding hydrogens is 120 g/mol. The van der Waals surface area contributed by atoms with E-state index in [0.717, 1.165) is 6.42 Å². The van der Waals surface area contributed by atoms with Crippen LogP contribution in [0, 0.1) is 5.92 Å². The monoisotopic (exact) mass is 130 g/mol. The van der Waals surface area contributed by atoms with Crippen molar-refractivity contribution in [2.75, 3.05) is 0 Å². The lowest BCUT2D eigenvalue weighted by Gasteiger charge is -2.23. The van der Waals surface area contributed by atoms with Gasteiger partial charge in [-0.25, -0.2) is 0 Å². The average molecular weight is 130 g/mol. The van der Waals surface area contributed by atoms with Crippen molar-refractivity contribution in [2.45, 2.75) is 26.1 Å². The van der Waals surface area contributed by atoms with Gasteiger partial charge in [0.15, 0.2) is 0 Å². The Balaban J connectivity index is 2.44. The lowest BCUT2D eigenvalue weighted by molar-refractivity contribution is -0.186. The van der Waals surface area contributed by atoms with Crippen LogP contribution in [0.2, 0.25) is 0 Å². The van der Waals surface area contributed by atoms with Crippen LogP contribution >= 0.6 is 0 Å². The van der Waals surface area contributed by atoms with E-state index in [1.165, 1.54) is 0 Å². The van der Waals surface area contributed by atoms with E-state index in [1.54, 1.807) is 0 Å². The van der Waals surface area contributed by atoms with E-state index in [-0.39, 0.29) is 11.9 Å². The van der Waals surface area contributed by atoms with Crippen LogP contribution in [0.5, 0.6) is 0 Å². The van der Waals surface area contributed by atoms with Gasteiger partial charge in [-0.3, -0.25) is 4.79 Å². The number of carbonyl (C=O) groups excluding carboxylic acids is 1. The molecule has 1 aliphatic rings. The van der Waals surface area contributed by atoms with Crippen LogP contribution in [0.3, 0.4) is 0 Å². The summed E-state index contributed by atoms with van der Waals surface area (Å²) >= 11 is 0. The zero-order chi connectivity index (χ0) is 6.85. The fraction of sp³-hybridized carbons (Fsp3) is 0.833. The largest absolute Gasteiger partial charge is 0.436 e. The highest BCUT2D eigenvalue weighted by atomic mass is 16.6. The van der Waals surface area contributed by atoms with Gasteiger partial charge in [-0.05, 0) is 6.42 Å². The minimum Gasteiger partial charge on any atom is -0.436 e. The number of aliphatic hydroxyl groups excluding tert-OH is 1. The van der Waals surface area contributed by atoms with Crippen LogP contribution in [-0.2, 0) is 9.53 Å². The predicted octanol–water partition coefficient (Wildman–Crippen LogP) is 0.278. The maximum atomic E-state index is 10.4. The van der Waals surface area contributed by atoms with Gasteiger partial charge in [0.2, 0.25) is 6.29 Å². The second-order valence-corrected chi connectivity index (χ2v) is 2.40. The van der Waals surface area contributed by atoms with E-state index >= 15 is 0 Å². The fourth-order valence-electron chi connectivity index (χ4n) is 0.798. The third-order valence-electron chi connectivity index (χ3n) is 1.54. The molecule has 9 heavy (non-hydrogen) atoms. The van der Waals surface area contributed by atoms with Gasteiger partial charge in [0, 0.05) is 12.3 Å². The minimum atomic E-state index is -0.869. The van der Waals surface area contributed by atoms with E-state index in [1.807, 2.05) is 6.92 Å². The molecule has 1 rings (SSSR count). The van der Waals surface area contributed by atoms with Gasteiger partial charge in [0.1, 0.15) is 0 Å². The fourth-order valence-corrected chi connectivity index (χ4v) is 0.798. The van der Waals surface area contributed by atoms with Crippen molar-refractivity contribution in [3.8, 4) is 0 Å². The summed E-state index contributed by atoms with van der Waals surface area (Å²) in [5, 5.41) is 8.91.